The number of phenols is 1. The molecule has 28 nitrogen and oxygen atoms in total. The summed E-state index contributed by atoms with van der Waals surface area (Å²) >= 11 is 0. The average Bonchev–Trinajstić information content (AvgIpc) is 1.03. The molecule has 28 heteroatoms. The van der Waals surface area contributed by atoms with E-state index in [-0.39, 0.29) is 30.4 Å². The molecule has 0 unspecified atom stereocenters. The first kappa shape index (κ1) is 81.4. The minimum absolute atomic E-state index is 0.0575. The summed E-state index contributed by atoms with van der Waals surface area (Å²) in [7, 11) is 6.42. The predicted molar refractivity (Wildman–Crippen MR) is 443 cm³/mol. The summed E-state index contributed by atoms with van der Waals surface area (Å²) in [5.41, 5.74) is 3.93. The second-order valence-corrected chi connectivity index (χ2v) is 30.8. The zero-order chi connectivity index (χ0) is 80.7. The summed E-state index contributed by atoms with van der Waals surface area (Å²) in [5.74, 6) is 7.55. The maximum Gasteiger partial charge on any atom is 0.410 e. The van der Waals surface area contributed by atoms with E-state index < -0.39 is 16.8 Å². The van der Waals surface area contributed by atoms with E-state index >= 15 is 0 Å². The van der Waals surface area contributed by atoms with Crippen molar-refractivity contribution in [3.8, 4) is 40.2 Å². The highest BCUT2D eigenvalue weighted by molar-refractivity contribution is 5.97. The van der Waals surface area contributed by atoms with Crippen molar-refractivity contribution in [3.05, 3.63) is 174 Å². The molecular formula is C86H105N15O13. The smallest absolute Gasteiger partial charge is 0.410 e. The van der Waals surface area contributed by atoms with Crippen molar-refractivity contribution in [3.63, 3.8) is 0 Å². The molecule has 0 aliphatic carbocycles. The van der Waals surface area contributed by atoms with Crippen LogP contribution in [0.2, 0.25) is 0 Å². The number of aliphatic hydroxyl groups is 1. The summed E-state index contributed by atoms with van der Waals surface area (Å²) < 4.78 is 45.5. The van der Waals surface area contributed by atoms with Gasteiger partial charge in [-0.2, -0.15) is 15.0 Å². The fraction of sp³-hybridized carbons (Fsp3) is 0.407. The van der Waals surface area contributed by atoms with Crippen molar-refractivity contribution >= 4 is 86.1 Å². The molecule has 7 aromatic carbocycles. The molecule has 0 bridgehead atoms. The van der Waals surface area contributed by atoms with Gasteiger partial charge in [0.25, 0.3) is 5.91 Å². The number of aromatic nitrogens is 6. The molecule has 4 aliphatic heterocycles. The largest absolute Gasteiger partial charge is 0.504 e. The van der Waals surface area contributed by atoms with Crippen molar-refractivity contribution in [1.82, 2.24) is 44.6 Å². The van der Waals surface area contributed by atoms with E-state index in [1.807, 2.05) is 186 Å². The molecule has 7 heterocycles. The molecule has 3 aromatic heterocycles. The van der Waals surface area contributed by atoms with Gasteiger partial charge in [0.05, 0.1) is 50.6 Å². The first-order valence-electron chi connectivity index (χ1n) is 38.6. The fourth-order valence-corrected chi connectivity index (χ4v) is 13.4. The van der Waals surface area contributed by atoms with Crippen molar-refractivity contribution in [2.75, 3.05) is 157 Å². The van der Waals surface area contributed by atoms with Crippen LogP contribution in [0.1, 0.15) is 95.3 Å². The van der Waals surface area contributed by atoms with Gasteiger partial charge in [-0.05, 0) is 127 Å². The summed E-state index contributed by atoms with van der Waals surface area (Å²) in [6.45, 7) is 25.1. The van der Waals surface area contributed by atoms with Crippen molar-refractivity contribution in [2.24, 2.45) is 0 Å². The lowest BCUT2D eigenvalue weighted by Crippen LogP contribution is -2.50. The number of nitrogens with one attached hydrogen (secondary N) is 2. The molecule has 14 rings (SSSR count). The topological polar surface area (TPSA) is 290 Å². The van der Waals surface area contributed by atoms with Crippen molar-refractivity contribution in [1.29, 1.82) is 0 Å². The second kappa shape index (κ2) is 36.6. The van der Waals surface area contributed by atoms with Gasteiger partial charge in [0.2, 0.25) is 17.8 Å². The molecule has 0 saturated carbocycles. The molecule has 4 N–H and O–H groups in total. The van der Waals surface area contributed by atoms with Crippen LogP contribution < -0.4 is 58.7 Å². The number of amides is 3. The Labute approximate surface area is 665 Å². The Morgan fingerprint density at radius 3 is 1.25 bits per heavy atom. The van der Waals surface area contributed by atoms with E-state index in [4.69, 9.17) is 67.8 Å². The fourth-order valence-electron chi connectivity index (χ4n) is 13.4. The monoisotopic (exact) mass is 1560 g/mol. The first-order chi connectivity index (χ1) is 54.8. The molecule has 4 saturated heterocycles. The van der Waals surface area contributed by atoms with E-state index in [1.165, 1.54) is 7.11 Å². The van der Waals surface area contributed by atoms with Gasteiger partial charge >= 0.3 is 12.2 Å². The SMILES string of the molecule is COc1cc2c(N3CCN(C(=O)OC(C)(C)C)CC3)nc(NCC(C)(C)O)nc2cc1OCc1ccccc1.COc1cc2c(N3CCN(C(=O)c4ccccc4)CC3)nc(N3CCCC3)nc2cc1O.COc1ccc(CNc2nc(N3CCN(C(=O)OC(C)(C)C)CC3)c3cc(OC)c(OCc4ccccc4)cc3n2)cc1. The number of methoxy groups -OCH3 is 4. The lowest BCUT2D eigenvalue weighted by Gasteiger charge is -2.36. The molecule has 0 radical (unpaired) electrons. The van der Waals surface area contributed by atoms with Gasteiger partial charge in [-0.1, -0.05) is 91.0 Å². The molecule has 10 aromatic rings. The molecule has 0 atom stereocenters. The van der Waals surface area contributed by atoms with Crippen molar-refractivity contribution < 1.29 is 62.5 Å². The van der Waals surface area contributed by atoms with Gasteiger partial charge in [-0.3, -0.25) is 4.79 Å². The number of nitrogens with zero attached hydrogens (tertiary/aromatic N) is 13. The number of aromatic hydroxyl groups is 1. The van der Waals surface area contributed by atoms with Gasteiger partial charge in [-0.25, -0.2) is 24.5 Å². The highest BCUT2D eigenvalue weighted by atomic mass is 16.6. The van der Waals surface area contributed by atoms with Gasteiger partial charge in [0, 0.05) is 145 Å². The number of phenolic OH excluding ortho intramolecular Hbond substituents is 1. The number of fused-ring (bicyclic) bond motifs is 3. The number of rotatable bonds is 21. The highest BCUT2D eigenvalue weighted by Gasteiger charge is 2.32. The van der Waals surface area contributed by atoms with Crippen LogP contribution in [0.15, 0.2) is 152 Å². The third-order valence-corrected chi connectivity index (χ3v) is 19.4. The van der Waals surface area contributed by atoms with E-state index in [0.29, 0.717) is 161 Å². The predicted octanol–water partition coefficient (Wildman–Crippen LogP) is 13.3. The number of carbonyl (C=O) groups is 3. The average molecular weight is 1560 g/mol. The van der Waals surface area contributed by atoms with E-state index in [1.54, 1.807) is 57.1 Å². The van der Waals surface area contributed by atoms with Crippen LogP contribution in [0.3, 0.4) is 0 Å². The minimum atomic E-state index is -0.943. The van der Waals surface area contributed by atoms with Gasteiger partial charge in [0.15, 0.2) is 34.5 Å². The molecule has 0 spiro atoms. The molecule has 4 fully saturated rings. The van der Waals surface area contributed by atoms with Gasteiger partial charge in [-0.15, -0.1) is 0 Å². The standard InChI is InChI=1S/C33H39N5O5.C29H39N5O5.C24H27N5O3/c1-33(2,3)43-32(39)38-17-15-37(16-18-38)30-26-19-28(41-5)29(42-22-24-9-7-6-8-10-24)20-27(26)35-31(36-30)34-21-23-11-13-25(40-4)14-12-23;1-28(2,3)39-27(35)34-14-12-33(13-15-34)25-21-16-23(37-6)24(38-18-20-10-8-7-9-11-20)17-22(21)31-26(32-25)30-19-29(4,5)36;1-32-21-15-18-19(16-20(21)30)25-24(29-9-5-6-10-29)26-22(18)27-11-13-28(14-12-27)23(31)17-7-3-2-4-8-17/h6-14,19-20H,15-18,21-22H2,1-5H3,(H,34,35,36);7-11,16-17,36H,12-15,18-19H2,1-6H3,(H,30,31,32);2-4,7-8,15-16,30H,5-6,9-14H2,1H3. The number of hydrogen-bond donors (Lipinski definition) is 4. The zero-order valence-corrected chi connectivity index (χ0v) is 67.3. The highest BCUT2D eigenvalue weighted by Crippen LogP contribution is 2.41. The van der Waals surface area contributed by atoms with Crippen LogP contribution in [0.4, 0.5) is 44.9 Å². The Bertz CT molecular complexity index is 4910. The summed E-state index contributed by atoms with van der Waals surface area (Å²) in [4.78, 5) is 81.2. The molecule has 114 heavy (non-hydrogen) atoms. The maximum absolute atomic E-state index is 12.8. The first-order valence-corrected chi connectivity index (χ1v) is 38.6. The third kappa shape index (κ3) is 21.4. The Balaban J connectivity index is 0.000000160. The molecule has 602 valence electrons. The summed E-state index contributed by atoms with van der Waals surface area (Å²) in [5, 5.41) is 29.6. The number of carbonyl (C=O) groups excluding carboxylic acids is 3. The van der Waals surface area contributed by atoms with Gasteiger partial charge in [0.1, 0.15) is 47.6 Å². The normalized spacial score (nSPS) is 14.7. The van der Waals surface area contributed by atoms with Gasteiger partial charge < -0.3 is 93.0 Å². The maximum atomic E-state index is 12.8. The Morgan fingerprint density at radius 2 is 0.825 bits per heavy atom. The Hall–Kier alpha value is -12.1. The van der Waals surface area contributed by atoms with E-state index in [2.05, 4.69) is 30.2 Å². The van der Waals surface area contributed by atoms with Crippen LogP contribution in [0.5, 0.6) is 40.2 Å². The van der Waals surface area contributed by atoms with E-state index in [9.17, 15) is 24.6 Å². The summed E-state index contributed by atoms with van der Waals surface area (Å²) in [6.07, 6.45) is 1.64. The number of ether oxygens (including phenoxy) is 8. The second-order valence-electron chi connectivity index (χ2n) is 30.8. The lowest BCUT2D eigenvalue weighted by molar-refractivity contribution is 0.0230. The number of hydrogen-bond acceptors (Lipinski definition) is 25. The van der Waals surface area contributed by atoms with Crippen LogP contribution in [-0.2, 0) is 29.2 Å². The Morgan fingerprint density at radius 1 is 0.412 bits per heavy atom. The summed E-state index contributed by atoms with van der Waals surface area (Å²) in [6, 6.07) is 48.2. The number of anilines is 6. The van der Waals surface area contributed by atoms with Crippen LogP contribution in [0.25, 0.3) is 32.7 Å². The number of benzene rings is 7. The molecular weight excluding hydrogens is 1450 g/mol. The van der Waals surface area contributed by atoms with Crippen LogP contribution in [0, 0.1) is 0 Å². The zero-order valence-electron chi connectivity index (χ0n) is 67.3. The van der Waals surface area contributed by atoms with Crippen LogP contribution >= 0.6 is 0 Å². The van der Waals surface area contributed by atoms with E-state index in [0.717, 1.165) is 87.5 Å². The van der Waals surface area contributed by atoms with Crippen LogP contribution in [-0.4, -0.2) is 216 Å². The van der Waals surface area contributed by atoms with Crippen molar-refractivity contribution in [2.45, 2.75) is 105 Å². The molecule has 3 amide bonds. The number of piperazine rings is 3. The quantitative estimate of drug-likeness (QED) is 0.0520. The minimum Gasteiger partial charge on any atom is -0.504 e. The third-order valence-electron chi connectivity index (χ3n) is 19.4. The lowest BCUT2D eigenvalue weighted by atomic mass is 10.1. The Kier molecular flexibility index (Phi) is 26.1. The molecule has 4 aliphatic rings.